The van der Waals surface area contributed by atoms with Crippen molar-refractivity contribution in [2.45, 2.75) is 83.7 Å². The molecule has 5 rings (SSSR count). The van der Waals surface area contributed by atoms with Gasteiger partial charge in [-0.3, -0.25) is 9.13 Å². The Hall–Kier alpha value is -1.59. The Morgan fingerprint density at radius 1 is 1.00 bits per heavy atom. The standard InChI is InChI=1S/C27H41N3O2/c1-2-29-24-11-4-5-12-25(24)30(26(29)32)23-13-17-28(18-21(23)20-31)19-22-10-6-9-16-27(22)14-7-3-8-15-27/h4-5,11-12,21-23,31H,2-3,6-10,13-20H2,1H3/t21-,22?,23+/m0/s1. The molecule has 3 atom stereocenters. The minimum Gasteiger partial charge on any atom is -0.396 e. The van der Waals surface area contributed by atoms with Crippen molar-refractivity contribution in [1.82, 2.24) is 14.0 Å². The molecule has 1 aromatic carbocycles. The Balaban J connectivity index is 1.36. The van der Waals surface area contributed by atoms with E-state index < -0.39 is 0 Å². The van der Waals surface area contributed by atoms with Gasteiger partial charge in [-0.05, 0) is 62.5 Å². The first-order valence-corrected chi connectivity index (χ1v) is 13.2. The highest BCUT2D eigenvalue weighted by Crippen LogP contribution is 2.51. The monoisotopic (exact) mass is 439 g/mol. The lowest BCUT2D eigenvalue weighted by Gasteiger charge is -2.50. The van der Waals surface area contributed by atoms with E-state index >= 15 is 0 Å². The van der Waals surface area contributed by atoms with Gasteiger partial charge < -0.3 is 10.0 Å². The van der Waals surface area contributed by atoms with Crippen LogP contribution in [-0.2, 0) is 6.54 Å². The number of likely N-dealkylation sites (tertiary alicyclic amines) is 1. The van der Waals surface area contributed by atoms with Gasteiger partial charge in [-0.25, -0.2) is 4.79 Å². The Morgan fingerprint density at radius 2 is 1.72 bits per heavy atom. The number of para-hydroxylation sites is 2. The van der Waals surface area contributed by atoms with Crippen LogP contribution < -0.4 is 5.69 Å². The molecule has 2 heterocycles. The highest BCUT2D eigenvalue weighted by Gasteiger charge is 2.43. The quantitative estimate of drug-likeness (QED) is 0.727. The number of hydrogen-bond acceptors (Lipinski definition) is 3. The van der Waals surface area contributed by atoms with Gasteiger partial charge in [0.1, 0.15) is 0 Å². The van der Waals surface area contributed by atoms with E-state index in [4.69, 9.17) is 0 Å². The molecule has 5 heteroatoms. The number of aryl methyl sites for hydroxylation is 1. The maximum absolute atomic E-state index is 13.3. The second kappa shape index (κ2) is 9.34. The van der Waals surface area contributed by atoms with Crippen molar-refractivity contribution in [2.24, 2.45) is 17.3 Å². The molecule has 1 aromatic heterocycles. The van der Waals surface area contributed by atoms with E-state index in [1.807, 2.05) is 34.3 Å². The van der Waals surface area contributed by atoms with E-state index in [1.54, 1.807) is 0 Å². The van der Waals surface area contributed by atoms with Crippen LogP contribution in [0.1, 0.15) is 77.2 Å². The molecule has 2 aromatic rings. The summed E-state index contributed by atoms with van der Waals surface area (Å²) in [4.78, 5) is 15.9. The number of aromatic nitrogens is 2. The molecule has 2 saturated carbocycles. The molecule has 0 amide bonds. The summed E-state index contributed by atoms with van der Waals surface area (Å²) in [6, 6.07) is 8.23. The van der Waals surface area contributed by atoms with Crippen molar-refractivity contribution in [1.29, 1.82) is 0 Å². The molecule has 176 valence electrons. The van der Waals surface area contributed by atoms with Crippen molar-refractivity contribution >= 4 is 11.0 Å². The summed E-state index contributed by atoms with van der Waals surface area (Å²) in [6.45, 7) is 6.00. The average Bonchev–Trinajstić information content (AvgIpc) is 3.12. The van der Waals surface area contributed by atoms with Crippen LogP contribution in [0.2, 0.25) is 0 Å². The molecule has 5 nitrogen and oxygen atoms in total. The number of imidazole rings is 1. The number of rotatable bonds is 5. The summed E-state index contributed by atoms with van der Waals surface area (Å²) < 4.78 is 3.88. The zero-order chi connectivity index (χ0) is 22.1. The van der Waals surface area contributed by atoms with Crippen LogP contribution >= 0.6 is 0 Å². The molecular weight excluding hydrogens is 398 g/mol. The van der Waals surface area contributed by atoms with Crippen molar-refractivity contribution in [2.75, 3.05) is 26.2 Å². The smallest absolute Gasteiger partial charge is 0.329 e. The van der Waals surface area contributed by atoms with Crippen molar-refractivity contribution < 1.29 is 5.11 Å². The Bertz CT molecular complexity index is 963. The van der Waals surface area contributed by atoms with E-state index in [9.17, 15) is 9.90 Å². The minimum absolute atomic E-state index is 0.0800. The predicted molar refractivity (Wildman–Crippen MR) is 130 cm³/mol. The molecule has 1 N–H and O–H groups in total. The zero-order valence-electron chi connectivity index (χ0n) is 19.8. The number of benzene rings is 1. The van der Waals surface area contributed by atoms with Gasteiger partial charge in [0, 0.05) is 44.7 Å². The van der Waals surface area contributed by atoms with Crippen LogP contribution in [0.5, 0.6) is 0 Å². The number of aliphatic hydroxyl groups excluding tert-OH is 1. The number of hydrogen-bond donors (Lipinski definition) is 1. The van der Waals surface area contributed by atoms with Crippen LogP contribution in [-0.4, -0.2) is 45.4 Å². The molecule has 1 unspecified atom stereocenters. The maximum atomic E-state index is 13.3. The van der Waals surface area contributed by atoms with E-state index in [1.165, 1.54) is 64.3 Å². The molecule has 0 bridgehead atoms. The van der Waals surface area contributed by atoms with Gasteiger partial charge in [-0.2, -0.15) is 0 Å². The van der Waals surface area contributed by atoms with Crippen molar-refractivity contribution in [3.8, 4) is 0 Å². The summed E-state index contributed by atoms with van der Waals surface area (Å²) in [5.41, 5.74) is 2.71. The number of piperidine rings is 1. The topological polar surface area (TPSA) is 50.4 Å². The Labute approximate surface area is 192 Å². The van der Waals surface area contributed by atoms with E-state index in [2.05, 4.69) is 11.0 Å². The van der Waals surface area contributed by atoms with Crippen molar-refractivity contribution in [3.63, 3.8) is 0 Å². The van der Waals surface area contributed by atoms with Gasteiger partial charge in [0.15, 0.2) is 0 Å². The minimum atomic E-state index is 0.0800. The Kier molecular flexibility index (Phi) is 6.48. The van der Waals surface area contributed by atoms with Crippen LogP contribution in [0.15, 0.2) is 29.1 Å². The molecule has 32 heavy (non-hydrogen) atoms. The van der Waals surface area contributed by atoms with Crippen LogP contribution in [0.3, 0.4) is 0 Å². The highest BCUT2D eigenvalue weighted by atomic mass is 16.3. The normalized spacial score (nSPS) is 29.0. The summed E-state index contributed by atoms with van der Waals surface area (Å²) in [6.07, 6.45) is 13.7. The summed E-state index contributed by atoms with van der Waals surface area (Å²) >= 11 is 0. The van der Waals surface area contributed by atoms with Gasteiger partial charge in [-0.15, -0.1) is 0 Å². The summed E-state index contributed by atoms with van der Waals surface area (Å²) in [7, 11) is 0. The second-order valence-electron chi connectivity index (χ2n) is 10.8. The van der Waals surface area contributed by atoms with Gasteiger partial charge in [0.05, 0.1) is 11.0 Å². The highest BCUT2D eigenvalue weighted by molar-refractivity contribution is 5.76. The number of nitrogens with zero attached hydrogens (tertiary/aromatic N) is 3. The first-order valence-electron chi connectivity index (χ1n) is 13.2. The lowest BCUT2D eigenvalue weighted by molar-refractivity contribution is 0.00117. The molecule has 3 aliphatic rings. The molecule has 0 radical (unpaired) electrons. The lowest BCUT2D eigenvalue weighted by atomic mass is 9.59. The van der Waals surface area contributed by atoms with Crippen LogP contribution in [0, 0.1) is 17.3 Å². The Morgan fingerprint density at radius 3 is 2.44 bits per heavy atom. The maximum Gasteiger partial charge on any atom is 0.329 e. The van der Waals surface area contributed by atoms with Gasteiger partial charge in [0.2, 0.25) is 0 Å². The lowest BCUT2D eigenvalue weighted by Crippen LogP contribution is -2.49. The number of fused-ring (bicyclic) bond motifs is 1. The average molecular weight is 440 g/mol. The third kappa shape index (κ3) is 3.86. The third-order valence-electron chi connectivity index (χ3n) is 9.20. The molecular formula is C27H41N3O2. The molecule has 1 spiro atoms. The van der Waals surface area contributed by atoms with Gasteiger partial charge in [0.25, 0.3) is 0 Å². The van der Waals surface area contributed by atoms with E-state index in [-0.39, 0.29) is 24.3 Å². The number of aliphatic hydroxyl groups is 1. The van der Waals surface area contributed by atoms with E-state index in [0.29, 0.717) is 12.0 Å². The van der Waals surface area contributed by atoms with Crippen molar-refractivity contribution in [3.05, 3.63) is 34.7 Å². The molecule has 3 fully saturated rings. The van der Waals surface area contributed by atoms with Gasteiger partial charge >= 0.3 is 5.69 Å². The van der Waals surface area contributed by atoms with Crippen LogP contribution in [0.25, 0.3) is 11.0 Å². The van der Waals surface area contributed by atoms with E-state index in [0.717, 1.165) is 36.5 Å². The first-order chi connectivity index (χ1) is 15.7. The zero-order valence-corrected chi connectivity index (χ0v) is 19.8. The SMILES string of the molecule is CCn1c(=O)n([C@@H]2CCN(CC3CCCCC34CCCCC4)C[C@H]2CO)c2ccccc21. The first kappa shape index (κ1) is 22.2. The fourth-order valence-corrected chi connectivity index (χ4v) is 7.53. The fraction of sp³-hybridized carbons (Fsp3) is 0.741. The summed E-state index contributed by atoms with van der Waals surface area (Å²) in [5.74, 6) is 0.931. The van der Waals surface area contributed by atoms with Gasteiger partial charge in [-0.1, -0.05) is 44.2 Å². The third-order valence-corrected chi connectivity index (χ3v) is 9.20. The second-order valence-corrected chi connectivity index (χ2v) is 10.8. The summed E-state index contributed by atoms with van der Waals surface area (Å²) in [5, 5.41) is 10.4. The fourth-order valence-electron chi connectivity index (χ4n) is 7.53. The molecule has 1 aliphatic heterocycles. The van der Waals surface area contributed by atoms with Crippen LogP contribution in [0.4, 0.5) is 0 Å². The molecule has 1 saturated heterocycles. The molecule has 2 aliphatic carbocycles. The predicted octanol–water partition coefficient (Wildman–Crippen LogP) is 4.82. The largest absolute Gasteiger partial charge is 0.396 e.